The molecule has 37 heavy (non-hydrogen) atoms. The van der Waals surface area contributed by atoms with Gasteiger partial charge in [-0.3, -0.25) is 4.79 Å². The highest BCUT2D eigenvalue weighted by molar-refractivity contribution is 5.95. The average molecular weight is 498 g/mol. The topological polar surface area (TPSA) is 69.1 Å². The number of rotatable bonds is 6. The van der Waals surface area contributed by atoms with Gasteiger partial charge >= 0.3 is 0 Å². The maximum absolute atomic E-state index is 13.5. The highest BCUT2D eigenvalue weighted by Gasteiger charge is 2.26. The largest absolute Gasteiger partial charge is 0.353 e. The Morgan fingerprint density at radius 3 is 2.54 bits per heavy atom. The number of nitrogens with zero attached hydrogens (tertiary/aromatic N) is 5. The Bertz CT molecular complexity index is 1250. The molecule has 0 unspecified atom stereocenters. The van der Waals surface area contributed by atoms with Crippen LogP contribution >= 0.6 is 0 Å². The lowest BCUT2D eigenvalue weighted by Crippen LogP contribution is -2.49. The molecule has 0 aliphatic carbocycles. The van der Waals surface area contributed by atoms with E-state index in [1.54, 1.807) is 0 Å². The van der Waals surface area contributed by atoms with Gasteiger partial charge < -0.3 is 14.7 Å². The third-order valence-electron chi connectivity index (χ3n) is 7.96. The van der Waals surface area contributed by atoms with Crippen LogP contribution < -0.4 is 4.90 Å². The first kappa shape index (κ1) is 25.1. The lowest BCUT2D eigenvalue weighted by molar-refractivity contribution is 0.0745. The predicted octanol–water partition coefficient (Wildman–Crippen LogP) is 4.78. The van der Waals surface area contributed by atoms with Crippen molar-refractivity contribution in [2.24, 2.45) is 5.18 Å². The van der Waals surface area contributed by atoms with Crippen LogP contribution in [0.1, 0.15) is 39.0 Å². The number of carbonyl (C=O) groups excluding carboxylic acids is 1. The van der Waals surface area contributed by atoms with Crippen LogP contribution in [0, 0.1) is 11.8 Å². The minimum absolute atomic E-state index is 0.119. The number of anilines is 1. The third kappa shape index (κ3) is 5.57. The molecular weight excluding hydrogens is 462 g/mol. The second-order valence-corrected chi connectivity index (χ2v) is 10.3. The molecule has 192 valence electrons. The van der Waals surface area contributed by atoms with Crippen LogP contribution in [-0.4, -0.2) is 66.5 Å². The zero-order valence-electron chi connectivity index (χ0n) is 21.8. The van der Waals surface area contributed by atoms with Crippen LogP contribution in [0.15, 0.2) is 66.0 Å². The van der Waals surface area contributed by atoms with Crippen LogP contribution in [0.2, 0.25) is 0 Å². The zero-order chi connectivity index (χ0) is 25.8. The first-order valence-electron chi connectivity index (χ1n) is 13.2. The predicted molar refractivity (Wildman–Crippen MR) is 148 cm³/mol. The Balaban J connectivity index is 1.25. The molecule has 2 aliphatic rings. The number of likely N-dealkylation sites (N-methyl/N-ethyl adjacent to an activating group) is 1. The van der Waals surface area contributed by atoms with E-state index in [1.807, 2.05) is 60.5 Å². The zero-order valence-corrected chi connectivity index (χ0v) is 21.8. The normalized spacial score (nSPS) is 18.3. The SMILES string of the molecule is Cc1cc2c(cc1N=O)C[C@H](CCc1ccccc1C(=O)N1CCN(c3ccccn3)CC1)N(C)CC2. The molecule has 1 fully saturated rings. The molecule has 2 aromatic carbocycles. The second kappa shape index (κ2) is 11.2. The fraction of sp³-hybridized carbons (Fsp3) is 0.400. The van der Waals surface area contributed by atoms with Crippen molar-refractivity contribution in [2.45, 2.75) is 38.6 Å². The standard InChI is InChI=1S/C30H35N5O2/c1-22-19-24-12-14-33(2)26(20-25(24)21-28(22)32-37)11-10-23-7-3-4-8-27(23)30(36)35-17-15-34(16-18-35)29-9-5-6-13-31-29/h3-9,13,19,21,26H,10-12,14-18,20H2,1-2H3/t26-/m0/s1. The van der Waals surface area contributed by atoms with Crippen LogP contribution in [0.25, 0.3) is 0 Å². The molecular formula is C30H35N5O2. The van der Waals surface area contributed by atoms with Gasteiger partial charge in [-0.15, -0.1) is 4.91 Å². The Morgan fingerprint density at radius 2 is 1.78 bits per heavy atom. The molecule has 1 aromatic heterocycles. The van der Waals surface area contributed by atoms with Gasteiger partial charge in [0.15, 0.2) is 0 Å². The van der Waals surface area contributed by atoms with E-state index in [2.05, 4.69) is 39.1 Å². The highest BCUT2D eigenvalue weighted by atomic mass is 16.3. The molecule has 7 nitrogen and oxygen atoms in total. The Labute approximate surface area is 219 Å². The molecule has 0 saturated carbocycles. The van der Waals surface area contributed by atoms with Crippen molar-refractivity contribution in [2.75, 3.05) is 44.7 Å². The maximum atomic E-state index is 13.5. The van der Waals surface area contributed by atoms with Gasteiger partial charge in [0.2, 0.25) is 0 Å². The van der Waals surface area contributed by atoms with Crippen molar-refractivity contribution < 1.29 is 4.79 Å². The van der Waals surface area contributed by atoms with Gasteiger partial charge in [0, 0.05) is 50.5 Å². The molecule has 1 saturated heterocycles. The van der Waals surface area contributed by atoms with Gasteiger partial charge in [-0.25, -0.2) is 4.98 Å². The van der Waals surface area contributed by atoms with Gasteiger partial charge in [0.25, 0.3) is 5.91 Å². The van der Waals surface area contributed by atoms with E-state index >= 15 is 0 Å². The molecule has 5 rings (SSSR count). The summed E-state index contributed by atoms with van der Waals surface area (Å²) in [4.78, 5) is 35.9. The van der Waals surface area contributed by atoms with Gasteiger partial charge in [-0.2, -0.15) is 0 Å². The highest BCUT2D eigenvalue weighted by Crippen LogP contribution is 2.29. The molecule has 0 N–H and O–H groups in total. The number of hydrogen-bond acceptors (Lipinski definition) is 6. The molecule has 0 spiro atoms. The van der Waals surface area contributed by atoms with E-state index in [9.17, 15) is 9.70 Å². The fourth-order valence-corrected chi connectivity index (χ4v) is 5.65. The van der Waals surface area contributed by atoms with E-state index in [4.69, 9.17) is 0 Å². The third-order valence-corrected chi connectivity index (χ3v) is 7.96. The second-order valence-electron chi connectivity index (χ2n) is 10.3. The number of pyridine rings is 1. The fourth-order valence-electron chi connectivity index (χ4n) is 5.65. The van der Waals surface area contributed by atoms with Gasteiger partial charge in [0.05, 0.1) is 0 Å². The molecule has 1 amide bonds. The van der Waals surface area contributed by atoms with E-state index in [0.29, 0.717) is 24.8 Å². The van der Waals surface area contributed by atoms with Crippen molar-refractivity contribution in [1.29, 1.82) is 0 Å². The molecule has 7 heteroatoms. The van der Waals surface area contributed by atoms with Crippen LogP contribution in [0.5, 0.6) is 0 Å². The quantitative estimate of drug-likeness (QED) is 0.459. The monoisotopic (exact) mass is 497 g/mol. The summed E-state index contributed by atoms with van der Waals surface area (Å²) >= 11 is 0. The summed E-state index contributed by atoms with van der Waals surface area (Å²) in [5.74, 6) is 1.09. The number of amides is 1. The first-order valence-corrected chi connectivity index (χ1v) is 13.2. The smallest absolute Gasteiger partial charge is 0.254 e. The number of carbonyl (C=O) groups is 1. The van der Waals surface area contributed by atoms with E-state index in [0.717, 1.165) is 67.8 Å². The van der Waals surface area contributed by atoms with E-state index in [1.165, 1.54) is 11.1 Å². The number of benzene rings is 2. The molecule has 0 radical (unpaired) electrons. The number of aryl methyl sites for hydroxylation is 2. The summed E-state index contributed by atoms with van der Waals surface area (Å²) in [5.41, 5.74) is 5.96. The first-order chi connectivity index (χ1) is 18.0. The Kier molecular flexibility index (Phi) is 7.60. The van der Waals surface area contributed by atoms with Crippen molar-refractivity contribution in [3.8, 4) is 0 Å². The Hall–Kier alpha value is -3.58. The van der Waals surface area contributed by atoms with Crippen molar-refractivity contribution in [3.63, 3.8) is 0 Å². The summed E-state index contributed by atoms with van der Waals surface area (Å²) in [6.45, 7) is 5.89. The summed E-state index contributed by atoms with van der Waals surface area (Å²) < 4.78 is 0. The number of aromatic nitrogens is 1. The van der Waals surface area contributed by atoms with Crippen molar-refractivity contribution >= 4 is 17.4 Å². The average Bonchev–Trinajstić information content (AvgIpc) is 3.09. The molecule has 1 atom stereocenters. The van der Waals surface area contributed by atoms with Gasteiger partial charge in [-0.1, -0.05) is 30.3 Å². The van der Waals surface area contributed by atoms with Gasteiger partial charge in [0.1, 0.15) is 11.5 Å². The van der Waals surface area contributed by atoms with E-state index in [-0.39, 0.29) is 5.91 Å². The van der Waals surface area contributed by atoms with Crippen LogP contribution in [0.3, 0.4) is 0 Å². The van der Waals surface area contributed by atoms with Crippen LogP contribution in [0.4, 0.5) is 11.5 Å². The summed E-state index contributed by atoms with van der Waals surface area (Å²) in [7, 11) is 2.18. The van der Waals surface area contributed by atoms with Gasteiger partial charge in [-0.05, 0) is 91.4 Å². The molecule has 3 aromatic rings. The lowest BCUT2D eigenvalue weighted by atomic mass is 9.93. The Morgan fingerprint density at radius 1 is 1.00 bits per heavy atom. The number of hydrogen-bond donors (Lipinski definition) is 0. The van der Waals surface area contributed by atoms with Crippen molar-refractivity contribution in [3.05, 3.63) is 93.5 Å². The molecule has 2 aliphatic heterocycles. The minimum Gasteiger partial charge on any atom is -0.353 e. The number of piperazine rings is 1. The summed E-state index contributed by atoms with van der Waals surface area (Å²) in [5, 5.41) is 3.23. The summed E-state index contributed by atoms with van der Waals surface area (Å²) in [6.07, 6.45) is 5.46. The minimum atomic E-state index is 0.119. The maximum Gasteiger partial charge on any atom is 0.254 e. The van der Waals surface area contributed by atoms with Crippen LogP contribution in [-0.2, 0) is 19.3 Å². The molecule has 0 bridgehead atoms. The number of nitroso groups, excluding NO2 is 1. The lowest BCUT2D eigenvalue weighted by Gasteiger charge is -2.35. The van der Waals surface area contributed by atoms with E-state index < -0.39 is 0 Å². The van der Waals surface area contributed by atoms with Crippen molar-refractivity contribution in [1.82, 2.24) is 14.8 Å². The summed E-state index contributed by atoms with van der Waals surface area (Å²) in [6, 6.07) is 18.5. The molecule has 3 heterocycles. The number of fused-ring (bicyclic) bond motifs is 1.